The van der Waals surface area contributed by atoms with E-state index in [4.69, 9.17) is 0 Å². The molecule has 0 amide bonds. The lowest BCUT2D eigenvalue weighted by molar-refractivity contribution is 0.0482. The molecule has 20 heavy (non-hydrogen) atoms. The summed E-state index contributed by atoms with van der Waals surface area (Å²) in [5.41, 5.74) is 0.687. The maximum Gasteiger partial charge on any atom is 0.126 e. The van der Waals surface area contributed by atoms with Crippen molar-refractivity contribution in [2.24, 2.45) is 0 Å². The number of nitrogens with zero attached hydrogens (tertiary/aromatic N) is 1. The fourth-order valence-electron chi connectivity index (χ4n) is 3.76. The van der Waals surface area contributed by atoms with Crippen LogP contribution in [0.1, 0.15) is 37.7 Å². The molecule has 4 heteroatoms. The van der Waals surface area contributed by atoms with Crippen LogP contribution in [-0.4, -0.2) is 30.1 Å². The Morgan fingerprint density at radius 2 is 1.70 bits per heavy atom. The molecule has 2 saturated heterocycles. The summed E-state index contributed by atoms with van der Waals surface area (Å²) in [6.07, 6.45) is 6.18. The lowest BCUT2D eigenvalue weighted by Gasteiger charge is -2.47. The van der Waals surface area contributed by atoms with Gasteiger partial charge in [-0.05, 0) is 50.4 Å². The summed E-state index contributed by atoms with van der Waals surface area (Å²) in [6, 6.07) is 5.54. The summed E-state index contributed by atoms with van der Waals surface area (Å²) < 4.78 is 26.3. The average molecular weight is 280 g/mol. The lowest BCUT2D eigenvalue weighted by Crippen LogP contribution is -2.54. The Labute approximate surface area is 119 Å². The summed E-state index contributed by atoms with van der Waals surface area (Å²) in [4.78, 5) is 2.52. The van der Waals surface area contributed by atoms with Crippen molar-refractivity contribution in [1.29, 1.82) is 0 Å². The van der Waals surface area contributed by atoms with Crippen LogP contribution in [-0.2, 0) is 6.54 Å². The molecule has 0 aromatic heterocycles. The molecule has 2 nitrogen and oxygen atoms in total. The van der Waals surface area contributed by atoms with E-state index in [1.54, 1.807) is 0 Å². The van der Waals surface area contributed by atoms with E-state index < -0.39 is 11.6 Å². The Hall–Kier alpha value is -1.00. The number of nitrogens with one attached hydrogen (secondary N) is 1. The first kappa shape index (κ1) is 14.0. The normalized spacial score (nSPS) is 30.4. The van der Waals surface area contributed by atoms with Gasteiger partial charge in [-0.1, -0.05) is 6.42 Å². The molecule has 2 aliphatic rings. The van der Waals surface area contributed by atoms with E-state index in [1.807, 2.05) is 0 Å². The molecule has 2 fully saturated rings. The second-order valence-electron chi connectivity index (χ2n) is 6.23. The number of rotatable bonds is 3. The Kier molecular flexibility index (Phi) is 4.03. The van der Waals surface area contributed by atoms with Gasteiger partial charge in [-0.15, -0.1) is 0 Å². The van der Waals surface area contributed by atoms with Crippen LogP contribution < -0.4 is 5.32 Å². The van der Waals surface area contributed by atoms with Crippen molar-refractivity contribution >= 4 is 0 Å². The first-order chi connectivity index (χ1) is 9.61. The van der Waals surface area contributed by atoms with Crippen LogP contribution in [0.25, 0.3) is 0 Å². The van der Waals surface area contributed by atoms with Gasteiger partial charge in [0.1, 0.15) is 11.6 Å². The molecule has 2 aliphatic heterocycles. The summed E-state index contributed by atoms with van der Waals surface area (Å²) in [5.74, 6) is -0.996. The van der Waals surface area contributed by atoms with Gasteiger partial charge in [-0.25, -0.2) is 8.78 Å². The maximum absolute atomic E-state index is 13.2. The van der Waals surface area contributed by atoms with E-state index in [2.05, 4.69) is 17.3 Å². The minimum atomic E-state index is -0.498. The third-order valence-corrected chi connectivity index (χ3v) is 4.86. The Bertz CT molecular complexity index is 443. The molecule has 1 N–H and O–H groups in total. The molecule has 0 aliphatic carbocycles. The summed E-state index contributed by atoms with van der Waals surface area (Å²) in [6.45, 7) is 0.544. The van der Waals surface area contributed by atoms with E-state index in [0.717, 1.165) is 18.9 Å². The highest BCUT2D eigenvalue weighted by Gasteiger charge is 2.35. The predicted molar refractivity (Wildman–Crippen MR) is 75.4 cm³/mol. The van der Waals surface area contributed by atoms with Gasteiger partial charge in [0.25, 0.3) is 0 Å². The highest BCUT2D eigenvalue weighted by molar-refractivity contribution is 5.17. The highest BCUT2D eigenvalue weighted by atomic mass is 19.1. The second-order valence-corrected chi connectivity index (χ2v) is 6.23. The van der Waals surface area contributed by atoms with Crippen molar-refractivity contribution < 1.29 is 8.78 Å². The van der Waals surface area contributed by atoms with E-state index >= 15 is 0 Å². The topological polar surface area (TPSA) is 15.3 Å². The fraction of sp³-hybridized carbons (Fsp3) is 0.625. The number of fused-ring (bicyclic) bond motifs is 2. The molecule has 0 saturated carbocycles. The number of piperidine rings is 2. The van der Waals surface area contributed by atoms with Gasteiger partial charge in [0.2, 0.25) is 0 Å². The molecule has 1 aromatic rings. The van der Waals surface area contributed by atoms with Crippen LogP contribution in [0.4, 0.5) is 8.78 Å². The van der Waals surface area contributed by atoms with Gasteiger partial charge in [0.05, 0.1) is 0 Å². The molecule has 110 valence electrons. The fourth-order valence-corrected chi connectivity index (χ4v) is 3.76. The van der Waals surface area contributed by atoms with Crippen molar-refractivity contribution in [3.05, 3.63) is 35.4 Å². The zero-order valence-electron chi connectivity index (χ0n) is 11.9. The van der Waals surface area contributed by atoms with E-state index in [-0.39, 0.29) is 0 Å². The van der Waals surface area contributed by atoms with Crippen LogP contribution in [0, 0.1) is 11.6 Å². The number of hydrogen-bond acceptors (Lipinski definition) is 2. The largest absolute Gasteiger partial charge is 0.310 e. The van der Waals surface area contributed by atoms with Crippen LogP contribution in [0.15, 0.2) is 18.2 Å². The second kappa shape index (κ2) is 5.78. The Balaban J connectivity index is 1.59. The standard InChI is InChI=1S/C16H22F2N2/c1-20-15-3-2-4-16(20)9-14(8-15)19-10-11-5-12(17)7-13(18)6-11/h5-7,14-16,19H,2-4,8-10H2,1H3. The van der Waals surface area contributed by atoms with E-state index in [0.29, 0.717) is 30.2 Å². The highest BCUT2D eigenvalue weighted by Crippen LogP contribution is 2.32. The molecular formula is C16H22F2N2. The van der Waals surface area contributed by atoms with Crippen molar-refractivity contribution in [3.63, 3.8) is 0 Å². The van der Waals surface area contributed by atoms with Gasteiger partial charge < -0.3 is 10.2 Å². The summed E-state index contributed by atoms with van der Waals surface area (Å²) in [5, 5.41) is 3.48. The maximum atomic E-state index is 13.2. The molecule has 3 rings (SSSR count). The average Bonchev–Trinajstić information content (AvgIpc) is 2.35. The van der Waals surface area contributed by atoms with E-state index in [1.165, 1.54) is 31.4 Å². The molecule has 2 heterocycles. The molecule has 2 bridgehead atoms. The minimum Gasteiger partial charge on any atom is -0.310 e. The quantitative estimate of drug-likeness (QED) is 0.915. The third kappa shape index (κ3) is 3.01. The van der Waals surface area contributed by atoms with Gasteiger partial charge in [0, 0.05) is 30.7 Å². The Morgan fingerprint density at radius 1 is 1.10 bits per heavy atom. The molecule has 1 aromatic carbocycles. The van der Waals surface area contributed by atoms with Crippen molar-refractivity contribution in [3.8, 4) is 0 Å². The van der Waals surface area contributed by atoms with Gasteiger partial charge in [-0.2, -0.15) is 0 Å². The molecule has 2 unspecified atom stereocenters. The molecule has 0 spiro atoms. The summed E-state index contributed by atoms with van der Waals surface area (Å²) >= 11 is 0. The predicted octanol–water partition coefficient (Wildman–Crippen LogP) is 3.07. The van der Waals surface area contributed by atoms with Crippen LogP contribution in [0.3, 0.4) is 0 Å². The summed E-state index contributed by atoms with van der Waals surface area (Å²) in [7, 11) is 2.23. The lowest BCUT2D eigenvalue weighted by atomic mass is 9.82. The zero-order valence-corrected chi connectivity index (χ0v) is 11.9. The smallest absolute Gasteiger partial charge is 0.126 e. The molecule has 2 atom stereocenters. The molecular weight excluding hydrogens is 258 g/mol. The zero-order chi connectivity index (χ0) is 14.1. The van der Waals surface area contributed by atoms with Gasteiger partial charge >= 0.3 is 0 Å². The number of halogens is 2. The van der Waals surface area contributed by atoms with Crippen LogP contribution in [0.2, 0.25) is 0 Å². The molecule has 0 radical (unpaired) electrons. The third-order valence-electron chi connectivity index (χ3n) is 4.86. The first-order valence-corrected chi connectivity index (χ1v) is 7.52. The van der Waals surface area contributed by atoms with Gasteiger partial charge in [-0.3, -0.25) is 0 Å². The minimum absolute atomic E-state index is 0.466. The van der Waals surface area contributed by atoms with Crippen molar-refractivity contribution in [2.75, 3.05) is 7.05 Å². The van der Waals surface area contributed by atoms with Crippen molar-refractivity contribution in [1.82, 2.24) is 10.2 Å². The van der Waals surface area contributed by atoms with Gasteiger partial charge in [0.15, 0.2) is 0 Å². The first-order valence-electron chi connectivity index (χ1n) is 7.52. The number of benzene rings is 1. The van der Waals surface area contributed by atoms with Crippen LogP contribution in [0.5, 0.6) is 0 Å². The van der Waals surface area contributed by atoms with Crippen LogP contribution >= 0.6 is 0 Å². The number of hydrogen-bond donors (Lipinski definition) is 1. The Morgan fingerprint density at radius 3 is 2.30 bits per heavy atom. The monoisotopic (exact) mass is 280 g/mol. The SMILES string of the molecule is CN1C2CCCC1CC(NCc1cc(F)cc(F)c1)C2. The van der Waals surface area contributed by atoms with E-state index in [9.17, 15) is 8.78 Å². The van der Waals surface area contributed by atoms with Crippen molar-refractivity contribution in [2.45, 2.75) is 56.8 Å².